The molecule has 0 aromatic rings. The second-order valence-electron chi connectivity index (χ2n) is 5.60. The van der Waals surface area contributed by atoms with Crippen LogP contribution in [0.4, 0.5) is 0 Å². The molecule has 1 aliphatic heterocycles. The van der Waals surface area contributed by atoms with Gasteiger partial charge in [-0.25, -0.2) is 9.59 Å². The topological polar surface area (TPSA) is 229 Å². The highest BCUT2D eigenvalue weighted by Gasteiger charge is 2.43. The van der Waals surface area contributed by atoms with Crippen LogP contribution in [0.1, 0.15) is 0 Å². The van der Waals surface area contributed by atoms with Gasteiger partial charge in [-0.1, -0.05) is 0 Å². The van der Waals surface area contributed by atoms with Crippen LogP contribution in [0.15, 0.2) is 12.2 Å². The molecule has 1 saturated heterocycles. The van der Waals surface area contributed by atoms with Gasteiger partial charge in [0.25, 0.3) is 0 Å². The molecule has 0 aromatic carbocycles. The van der Waals surface area contributed by atoms with Gasteiger partial charge in [-0.05, 0) is 0 Å². The van der Waals surface area contributed by atoms with Gasteiger partial charge in [-0.15, -0.1) is 0 Å². The molecule has 9 N–H and O–H groups in total. The van der Waals surface area contributed by atoms with Crippen LogP contribution >= 0.6 is 0 Å². The summed E-state index contributed by atoms with van der Waals surface area (Å²) in [6.07, 6.45) is -3.01. The van der Waals surface area contributed by atoms with E-state index in [4.69, 9.17) is 21.4 Å². The number of likely N-dealkylation sites (N-methyl/N-ethyl adjacent to an activating group) is 1. The van der Waals surface area contributed by atoms with E-state index in [1.807, 2.05) is 0 Å². The summed E-state index contributed by atoms with van der Waals surface area (Å²) in [6.45, 7) is -0.962. The van der Waals surface area contributed by atoms with Crippen molar-refractivity contribution >= 4 is 23.8 Å². The van der Waals surface area contributed by atoms with Crippen molar-refractivity contribution < 1.29 is 45.0 Å². The summed E-state index contributed by atoms with van der Waals surface area (Å²) in [5.74, 6) is -3.33. The van der Waals surface area contributed by atoms with Crippen LogP contribution in [-0.4, -0.2) is 115 Å². The number of β-amino-alcohol motifs (C(OH)–C–C–N with tert-alkyl or cyclic N) is 1. The highest BCUT2D eigenvalue weighted by molar-refractivity contribution is 5.89. The molecular weight excluding hydrogens is 368 g/mol. The van der Waals surface area contributed by atoms with E-state index in [0.717, 1.165) is 4.90 Å². The number of hydrogen-bond donors (Lipinski definition) is 8. The minimum absolute atomic E-state index is 0.200. The van der Waals surface area contributed by atoms with Crippen LogP contribution in [-0.2, 0) is 14.4 Å². The van der Waals surface area contributed by atoms with Crippen molar-refractivity contribution in [1.82, 2.24) is 9.80 Å². The maximum atomic E-state index is 12.0. The number of carboxylic acids is 2. The fourth-order valence-electron chi connectivity index (χ4n) is 2.10. The lowest BCUT2D eigenvalue weighted by Crippen LogP contribution is -2.65. The molecule has 13 heteroatoms. The normalized spacial score (nSPS) is 24.7. The number of nitrogens with one attached hydrogen (secondary N) is 1. The maximum absolute atomic E-state index is 12.0. The number of likely N-dealkylation sites (tertiary alicyclic amines) is 1. The monoisotopic (exact) mass is 392 g/mol. The molecule has 0 aliphatic carbocycles. The van der Waals surface area contributed by atoms with Gasteiger partial charge in [0.1, 0.15) is 18.3 Å². The van der Waals surface area contributed by atoms with Gasteiger partial charge in [0.15, 0.2) is 5.96 Å². The maximum Gasteiger partial charge on any atom is 0.328 e. The first-order chi connectivity index (χ1) is 12.4. The molecule has 0 bridgehead atoms. The zero-order valence-corrected chi connectivity index (χ0v) is 14.5. The summed E-state index contributed by atoms with van der Waals surface area (Å²) >= 11 is 0. The fourth-order valence-corrected chi connectivity index (χ4v) is 2.10. The number of aliphatic carboxylic acids is 2. The number of guanidine groups is 1. The highest BCUT2D eigenvalue weighted by atomic mass is 16.4. The summed E-state index contributed by atoms with van der Waals surface area (Å²) < 4.78 is 0. The number of nitrogens with zero attached hydrogens (tertiary/aromatic N) is 2. The minimum atomic E-state index is -1.43. The second kappa shape index (κ2) is 11.1. The van der Waals surface area contributed by atoms with E-state index < -0.39 is 48.8 Å². The van der Waals surface area contributed by atoms with Crippen LogP contribution in [0.3, 0.4) is 0 Å². The molecule has 13 nitrogen and oxygen atoms in total. The van der Waals surface area contributed by atoms with Gasteiger partial charge in [0.2, 0.25) is 5.91 Å². The molecule has 154 valence electrons. The molecule has 0 saturated carbocycles. The molecule has 27 heavy (non-hydrogen) atoms. The van der Waals surface area contributed by atoms with E-state index in [2.05, 4.69) is 0 Å². The Morgan fingerprint density at radius 1 is 1.15 bits per heavy atom. The van der Waals surface area contributed by atoms with Crippen molar-refractivity contribution in [2.75, 3.05) is 26.7 Å². The number of carbonyl (C=O) groups excluding carboxylic acids is 1. The Bertz CT molecular complexity index is 567. The Morgan fingerprint density at radius 2 is 1.63 bits per heavy atom. The van der Waals surface area contributed by atoms with Gasteiger partial charge in [-0.3, -0.25) is 10.2 Å². The van der Waals surface area contributed by atoms with Gasteiger partial charge in [0.05, 0.1) is 19.2 Å². The van der Waals surface area contributed by atoms with E-state index in [9.17, 15) is 34.8 Å². The molecule has 1 heterocycles. The molecule has 1 rings (SSSR count). The van der Waals surface area contributed by atoms with Crippen LogP contribution in [0.5, 0.6) is 0 Å². The molecule has 0 aromatic heterocycles. The van der Waals surface area contributed by atoms with Gasteiger partial charge >= 0.3 is 11.9 Å². The quantitative estimate of drug-likeness (QED) is 0.127. The second-order valence-corrected chi connectivity index (χ2v) is 5.60. The van der Waals surface area contributed by atoms with E-state index in [-0.39, 0.29) is 19.0 Å². The van der Waals surface area contributed by atoms with E-state index >= 15 is 0 Å². The Kier molecular flexibility index (Phi) is 9.95. The zero-order chi connectivity index (χ0) is 21.3. The average Bonchev–Trinajstić information content (AvgIpc) is 2.57. The van der Waals surface area contributed by atoms with Crippen LogP contribution < -0.4 is 5.73 Å². The molecule has 1 fully saturated rings. The van der Waals surface area contributed by atoms with Crippen LogP contribution in [0.25, 0.3) is 0 Å². The van der Waals surface area contributed by atoms with Crippen molar-refractivity contribution in [3.05, 3.63) is 12.2 Å². The van der Waals surface area contributed by atoms with Gasteiger partial charge in [0, 0.05) is 25.7 Å². The lowest BCUT2D eigenvalue weighted by Gasteiger charge is -2.43. The first-order valence-corrected chi connectivity index (χ1v) is 7.55. The zero-order valence-electron chi connectivity index (χ0n) is 14.5. The first kappa shape index (κ1) is 24.3. The van der Waals surface area contributed by atoms with Crippen LogP contribution in [0.2, 0.25) is 0 Å². The Labute approximate surface area is 154 Å². The largest absolute Gasteiger partial charge is 0.478 e. The Balaban J connectivity index is 0.000000713. The molecule has 1 unspecified atom stereocenters. The SMILES string of the molecule is CN(CC(=O)N1C[C@H](O)[C@@H](O)[C@@H](O)C1CO)C(=N)N.O=C(O)/C=C/C(=O)O. The standard InChI is InChI=1S/C10H20N4O5.C4H4O4/c1-13(10(11)12)3-7(17)14-2-6(16)9(19)8(18)5(14)4-15;5-3(6)1-2-4(7)8/h5-6,8-9,15-16,18-19H,2-4H2,1H3,(H3,11,12);1-2H,(H,5,6)(H,7,8)/b;2-1+/t5?,6-,8-,9+;/m0./s1. The molecule has 0 spiro atoms. The van der Waals surface area contributed by atoms with E-state index in [1.54, 1.807) is 0 Å². The molecule has 0 radical (unpaired) electrons. The summed E-state index contributed by atoms with van der Waals surface area (Å²) in [4.78, 5) is 33.4. The Morgan fingerprint density at radius 3 is 2.00 bits per heavy atom. The number of nitrogens with two attached hydrogens (primary N) is 1. The highest BCUT2D eigenvalue weighted by Crippen LogP contribution is 2.19. The summed E-state index contributed by atoms with van der Waals surface area (Å²) in [5, 5.41) is 60.8. The fraction of sp³-hybridized carbons (Fsp3) is 0.571. The number of carboxylic acid groups (broad SMARTS) is 2. The third kappa shape index (κ3) is 8.00. The number of hydrogen-bond acceptors (Lipinski definition) is 8. The lowest BCUT2D eigenvalue weighted by atomic mass is 9.94. The molecule has 4 atom stereocenters. The summed E-state index contributed by atoms with van der Waals surface area (Å²) in [5.41, 5.74) is 5.21. The third-order valence-corrected chi connectivity index (χ3v) is 3.58. The van der Waals surface area contributed by atoms with E-state index in [0.29, 0.717) is 12.2 Å². The third-order valence-electron chi connectivity index (χ3n) is 3.58. The van der Waals surface area contributed by atoms with E-state index in [1.165, 1.54) is 11.9 Å². The first-order valence-electron chi connectivity index (χ1n) is 7.55. The number of piperidine rings is 1. The number of aliphatic hydroxyl groups excluding tert-OH is 4. The van der Waals surface area contributed by atoms with Crippen molar-refractivity contribution in [2.24, 2.45) is 5.73 Å². The summed E-state index contributed by atoms with van der Waals surface area (Å²) in [6, 6.07) is -0.994. The van der Waals surface area contributed by atoms with Crippen LogP contribution in [0, 0.1) is 5.41 Å². The number of rotatable bonds is 5. The van der Waals surface area contributed by atoms with Crippen molar-refractivity contribution in [3.63, 3.8) is 0 Å². The van der Waals surface area contributed by atoms with Crippen molar-refractivity contribution in [1.29, 1.82) is 5.41 Å². The van der Waals surface area contributed by atoms with Crippen molar-refractivity contribution in [3.8, 4) is 0 Å². The minimum Gasteiger partial charge on any atom is -0.478 e. The van der Waals surface area contributed by atoms with Gasteiger partial charge < -0.3 is 46.2 Å². The number of carbonyl (C=O) groups is 3. The molecule has 1 aliphatic rings. The predicted octanol–water partition coefficient (Wildman–Crippen LogP) is -4.19. The predicted molar refractivity (Wildman–Crippen MR) is 89.6 cm³/mol. The van der Waals surface area contributed by atoms with Gasteiger partial charge in [-0.2, -0.15) is 0 Å². The smallest absolute Gasteiger partial charge is 0.328 e. The molecule has 1 amide bonds. The Hall–Kier alpha value is -2.74. The lowest BCUT2D eigenvalue weighted by molar-refractivity contribution is -0.166. The number of aliphatic hydroxyl groups is 4. The summed E-state index contributed by atoms with van der Waals surface area (Å²) in [7, 11) is 1.44. The number of amides is 1. The molecular formula is C14H24N4O9. The average molecular weight is 392 g/mol. The van der Waals surface area contributed by atoms with Crippen molar-refractivity contribution in [2.45, 2.75) is 24.4 Å².